The largest absolute Gasteiger partial charge is 0.481 e. The van der Waals surface area contributed by atoms with Gasteiger partial charge in [-0.25, -0.2) is 4.98 Å². The molecule has 126 valence electrons. The van der Waals surface area contributed by atoms with Gasteiger partial charge >= 0.3 is 5.97 Å². The molecule has 1 N–H and O–H groups in total. The molecule has 6 nitrogen and oxygen atoms in total. The fourth-order valence-corrected chi connectivity index (χ4v) is 3.40. The van der Waals surface area contributed by atoms with Crippen LogP contribution < -0.4 is 9.80 Å². The first-order chi connectivity index (χ1) is 11.0. The molecule has 1 aromatic heterocycles. The van der Waals surface area contributed by atoms with Gasteiger partial charge in [0, 0.05) is 37.9 Å². The molecule has 0 aliphatic carbocycles. The van der Waals surface area contributed by atoms with Crippen LogP contribution in [0.5, 0.6) is 0 Å². The van der Waals surface area contributed by atoms with E-state index in [1.807, 2.05) is 13.0 Å². The van der Waals surface area contributed by atoms with E-state index < -0.39 is 5.97 Å². The molecule has 2 saturated heterocycles. The molecule has 3 rings (SSSR count). The van der Waals surface area contributed by atoms with Crippen molar-refractivity contribution in [3.05, 3.63) is 11.8 Å². The summed E-state index contributed by atoms with van der Waals surface area (Å²) in [6, 6.07) is 2.01. The molecule has 0 radical (unpaired) electrons. The van der Waals surface area contributed by atoms with Crippen molar-refractivity contribution in [1.29, 1.82) is 0 Å². The number of aryl methyl sites for hydroxylation is 1. The normalized spacial score (nSPS) is 20.8. The summed E-state index contributed by atoms with van der Waals surface area (Å²) in [4.78, 5) is 24.9. The Morgan fingerprint density at radius 1 is 1.09 bits per heavy atom. The van der Waals surface area contributed by atoms with E-state index in [9.17, 15) is 4.79 Å². The molecule has 0 bridgehead atoms. The van der Waals surface area contributed by atoms with Crippen LogP contribution in [0.2, 0.25) is 0 Å². The summed E-state index contributed by atoms with van der Waals surface area (Å²) < 4.78 is 0. The van der Waals surface area contributed by atoms with Crippen LogP contribution in [0.4, 0.5) is 11.8 Å². The van der Waals surface area contributed by atoms with Gasteiger partial charge in [0.05, 0.1) is 5.92 Å². The Hall–Kier alpha value is -1.85. The Kier molecular flexibility index (Phi) is 4.68. The van der Waals surface area contributed by atoms with Crippen LogP contribution in [0, 0.1) is 18.8 Å². The van der Waals surface area contributed by atoms with Crippen molar-refractivity contribution in [2.45, 2.75) is 39.5 Å². The minimum atomic E-state index is -0.674. The van der Waals surface area contributed by atoms with Gasteiger partial charge in [-0.3, -0.25) is 4.79 Å². The highest BCUT2D eigenvalue weighted by molar-refractivity contribution is 5.70. The average molecular weight is 318 g/mol. The minimum Gasteiger partial charge on any atom is -0.481 e. The number of anilines is 2. The van der Waals surface area contributed by atoms with Crippen molar-refractivity contribution >= 4 is 17.7 Å². The van der Waals surface area contributed by atoms with Crippen molar-refractivity contribution in [3.63, 3.8) is 0 Å². The summed E-state index contributed by atoms with van der Waals surface area (Å²) in [5.74, 6) is 1.66. The van der Waals surface area contributed by atoms with Crippen LogP contribution in [-0.2, 0) is 4.79 Å². The Morgan fingerprint density at radius 2 is 1.70 bits per heavy atom. The fraction of sp³-hybridized carbons (Fsp3) is 0.706. The summed E-state index contributed by atoms with van der Waals surface area (Å²) in [5.41, 5.74) is 0.976. The van der Waals surface area contributed by atoms with E-state index in [0.717, 1.165) is 49.6 Å². The van der Waals surface area contributed by atoms with E-state index in [2.05, 4.69) is 21.7 Å². The minimum absolute atomic E-state index is 0.211. The summed E-state index contributed by atoms with van der Waals surface area (Å²) in [6.07, 6.45) is 3.76. The lowest BCUT2D eigenvalue weighted by Crippen LogP contribution is -2.38. The van der Waals surface area contributed by atoms with Crippen LogP contribution >= 0.6 is 0 Å². The van der Waals surface area contributed by atoms with Crippen molar-refractivity contribution in [1.82, 2.24) is 9.97 Å². The molecule has 2 fully saturated rings. The third-order valence-electron chi connectivity index (χ3n) is 5.06. The Balaban J connectivity index is 1.72. The number of carboxylic acids is 1. The SMILES string of the molecule is Cc1cc(N2CCC(C(=O)O)CC2)nc(N2CCC(C)CC2)n1. The Bertz CT molecular complexity index is 562. The Labute approximate surface area is 137 Å². The molecule has 3 heterocycles. The quantitative estimate of drug-likeness (QED) is 0.922. The molecule has 2 aliphatic heterocycles. The monoisotopic (exact) mass is 318 g/mol. The Morgan fingerprint density at radius 3 is 2.30 bits per heavy atom. The fourth-order valence-electron chi connectivity index (χ4n) is 3.40. The average Bonchev–Trinajstić information content (AvgIpc) is 2.55. The van der Waals surface area contributed by atoms with Crippen molar-refractivity contribution < 1.29 is 9.90 Å². The number of hydrogen-bond donors (Lipinski definition) is 1. The number of carboxylic acid groups (broad SMARTS) is 1. The highest BCUT2D eigenvalue weighted by atomic mass is 16.4. The van der Waals surface area contributed by atoms with Crippen LogP contribution in [0.3, 0.4) is 0 Å². The summed E-state index contributed by atoms with van der Waals surface area (Å²) in [5, 5.41) is 9.12. The highest BCUT2D eigenvalue weighted by Crippen LogP contribution is 2.26. The number of aliphatic carboxylic acids is 1. The number of rotatable bonds is 3. The van der Waals surface area contributed by atoms with Crippen molar-refractivity contribution in [3.8, 4) is 0 Å². The summed E-state index contributed by atoms with van der Waals surface area (Å²) >= 11 is 0. The molecule has 0 amide bonds. The molecule has 1 aromatic rings. The number of carbonyl (C=O) groups is 1. The van der Waals surface area contributed by atoms with Crippen LogP contribution in [0.25, 0.3) is 0 Å². The van der Waals surface area contributed by atoms with Gasteiger partial charge in [-0.1, -0.05) is 6.92 Å². The van der Waals surface area contributed by atoms with Gasteiger partial charge in [-0.05, 0) is 38.5 Å². The van der Waals surface area contributed by atoms with E-state index in [-0.39, 0.29) is 5.92 Å². The standard InChI is InChI=1S/C17H26N4O2/c1-12-3-7-21(8-4-12)17-18-13(2)11-15(19-17)20-9-5-14(6-10-20)16(22)23/h11-12,14H,3-10H2,1-2H3,(H,22,23). The number of aromatic nitrogens is 2. The van der Waals surface area contributed by atoms with Gasteiger partial charge in [-0.15, -0.1) is 0 Å². The zero-order chi connectivity index (χ0) is 16.4. The van der Waals surface area contributed by atoms with E-state index in [1.165, 1.54) is 12.8 Å². The molecule has 0 unspecified atom stereocenters. The van der Waals surface area contributed by atoms with Crippen LogP contribution in [0.15, 0.2) is 6.07 Å². The van der Waals surface area contributed by atoms with Gasteiger partial charge < -0.3 is 14.9 Å². The topological polar surface area (TPSA) is 69.6 Å². The van der Waals surface area contributed by atoms with Crippen molar-refractivity contribution in [2.24, 2.45) is 11.8 Å². The molecule has 6 heteroatoms. The maximum absolute atomic E-state index is 11.1. The number of piperidine rings is 2. The van der Waals surface area contributed by atoms with Gasteiger partial charge in [-0.2, -0.15) is 4.98 Å². The van der Waals surface area contributed by atoms with E-state index in [4.69, 9.17) is 10.1 Å². The predicted molar refractivity (Wildman–Crippen MR) is 90.0 cm³/mol. The first-order valence-corrected chi connectivity index (χ1v) is 8.61. The van der Waals surface area contributed by atoms with E-state index >= 15 is 0 Å². The molecule has 0 atom stereocenters. The maximum atomic E-state index is 11.1. The predicted octanol–water partition coefficient (Wildman–Crippen LogP) is 2.32. The zero-order valence-corrected chi connectivity index (χ0v) is 14.0. The number of hydrogen-bond acceptors (Lipinski definition) is 5. The van der Waals surface area contributed by atoms with Gasteiger partial charge in [0.2, 0.25) is 5.95 Å². The summed E-state index contributed by atoms with van der Waals surface area (Å²) in [7, 11) is 0. The van der Waals surface area contributed by atoms with Gasteiger partial charge in [0.25, 0.3) is 0 Å². The second kappa shape index (κ2) is 6.72. The lowest BCUT2D eigenvalue weighted by Gasteiger charge is -2.33. The smallest absolute Gasteiger partial charge is 0.306 e. The third-order valence-corrected chi connectivity index (χ3v) is 5.06. The molecular formula is C17H26N4O2. The number of nitrogens with zero attached hydrogens (tertiary/aromatic N) is 4. The first-order valence-electron chi connectivity index (χ1n) is 8.61. The van der Waals surface area contributed by atoms with Crippen LogP contribution in [0.1, 0.15) is 38.3 Å². The highest BCUT2D eigenvalue weighted by Gasteiger charge is 2.26. The molecule has 0 saturated carbocycles. The lowest BCUT2D eigenvalue weighted by molar-refractivity contribution is -0.142. The molecule has 23 heavy (non-hydrogen) atoms. The summed E-state index contributed by atoms with van der Waals surface area (Å²) in [6.45, 7) is 7.85. The molecule has 2 aliphatic rings. The molecule has 0 aromatic carbocycles. The maximum Gasteiger partial charge on any atom is 0.306 e. The third kappa shape index (κ3) is 3.74. The van der Waals surface area contributed by atoms with E-state index in [0.29, 0.717) is 12.8 Å². The second-order valence-electron chi connectivity index (χ2n) is 6.94. The molecular weight excluding hydrogens is 292 g/mol. The zero-order valence-electron chi connectivity index (χ0n) is 14.0. The van der Waals surface area contributed by atoms with Gasteiger partial charge in [0.15, 0.2) is 0 Å². The van der Waals surface area contributed by atoms with E-state index in [1.54, 1.807) is 0 Å². The molecule has 0 spiro atoms. The first kappa shape index (κ1) is 16.0. The lowest BCUT2D eigenvalue weighted by atomic mass is 9.97. The van der Waals surface area contributed by atoms with Crippen molar-refractivity contribution in [2.75, 3.05) is 36.0 Å². The second-order valence-corrected chi connectivity index (χ2v) is 6.94. The van der Waals surface area contributed by atoms with Gasteiger partial charge in [0.1, 0.15) is 5.82 Å². The van der Waals surface area contributed by atoms with Crippen LogP contribution in [-0.4, -0.2) is 47.2 Å².